The molecule has 0 spiro atoms. The summed E-state index contributed by atoms with van der Waals surface area (Å²) in [5, 5.41) is 4.57. The van der Waals surface area contributed by atoms with Gasteiger partial charge in [-0.05, 0) is 55.7 Å². The molecule has 3 aromatic carbocycles. The van der Waals surface area contributed by atoms with Crippen LogP contribution in [0.4, 0.5) is 0 Å². The quantitative estimate of drug-likeness (QED) is 0.398. The van der Waals surface area contributed by atoms with Crippen molar-refractivity contribution >= 4 is 10.9 Å². The van der Waals surface area contributed by atoms with Gasteiger partial charge in [-0.1, -0.05) is 59.3 Å². The van der Waals surface area contributed by atoms with Crippen molar-refractivity contribution in [1.29, 1.82) is 0 Å². The summed E-state index contributed by atoms with van der Waals surface area (Å²) in [5.74, 6) is 0.754. The molecule has 0 fully saturated rings. The van der Waals surface area contributed by atoms with E-state index in [0.29, 0.717) is 22.6 Å². The molecule has 0 N–H and O–H groups in total. The maximum Gasteiger partial charge on any atom is 0.332 e. The number of nitrogens with zero attached hydrogens (tertiary/aromatic N) is 4. The molecule has 5 rings (SSSR count). The highest BCUT2D eigenvalue weighted by molar-refractivity contribution is 5.77. The van der Waals surface area contributed by atoms with Crippen LogP contribution in [0.3, 0.4) is 0 Å². The lowest BCUT2D eigenvalue weighted by Crippen LogP contribution is -2.40. The molecule has 0 saturated carbocycles. The van der Waals surface area contributed by atoms with Crippen LogP contribution in [0.15, 0.2) is 80.8 Å². The highest BCUT2D eigenvalue weighted by atomic mass is 16.5. The third-order valence-electron chi connectivity index (χ3n) is 6.12. The third-order valence-corrected chi connectivity index (χ3v) is 6.12. The van der Waals surface area contributed by atoms with E-state index in [4.69, 9.17) is 4.52 Å². The minimum Gasteiger partial charge on any atom is -0.337 e. The second-order valence-corrected chi connectivity index (χ2v) is 8.57. The number of para-hydroxylation sites is 1. The molecule has 34 heavy (non-hydrogen) atoms. The molecule has 0 aliphatic rings. The molecular formula is C27H24N4O3. The van der Waals surface area contributed by atoms with E-state index >= 15 is 0 Å². The number of benzene rings is 3. The fourth-order valence-corrected chi connectivity index (χ4v) is 3.99. The highest BCUT2D eigenvalue weighted by Crippen LogP contribution is 2.20. The van der Waals surface area contributed by atoms with E-state index in [0.717, 1.165) is 22.3 Å². The lowest BCUT2D eigenvalue weighted by molar-refractivity contribution is 0.369. The predicted octanol–water partition coefficient (Wildman–Crippen LogP) is 4.24. The Kier molecular flexibility index (Phi) is 5.45. The third kappa shape index (κ3) is 3.96. The average Bonchev–Trinajstić information content (AvgIpc) is 3.31. The van der Waals surface area contributed by atoms with E-state index in [9.17, 15) is 9.59 Å². The Bertz CT molecular complexity index is 1630. The maximum absolute atomic E-state index is 13.5. The second-order valence-electron chi connectivity index (χ2n) is 8.57. The summed E-state index contributed by atoms with van der Waals surface area (Å²) < 4.78 is 8.26. The molecule has 7 heteroatoms. The molecule has 0 aliphatic carbocycles. The van der Waals surface area contributed by atoms with E-state index in [1.54, 1.807) is 24.3 Å². The maximum atomic E-state index is 13.5. The van der Waals surface area contributed by atoms with Gasteiger partial charge in [0.2, 0.25) is 11.7 Å². The Labute approximate surface area is 195 Å². The number of fused-ring (bicyclic) bond motifs is 1. The molecule has 0 amide bonds. The minimum atomic E-state index is -0.421. The molecule has 0 bridgehead atoms. The normalized spacial score (nSPS) is 11.3. The van der Waals surface area contributed by atoms with Crippen LogP contribution >= 0.6 is 0 Å². The fraction of sp³-hybridized carbons (Fsp3) is 0.185. The van der Waals surface area contributed by atoms with Crippen LogP contribution in [-0.2, 0) is 13.1 Å². The van der Waals surface area contributed by atoms with Crippen LogP contribution in [-0.4, -0.2) is 19.3 Å². The summed E-state index contributed by atoms with van der Waals surface area (Å²) in [6.07, 6.45) is 0. The summed E-state index contributed by atoms with van der Waals surface area (Å²) in [4.78, 5) is 31.2. The van der Waals surface area contributed by atoms with Gasteiger partial charge >= 0.3 is 5.69 Å². The number of aromatic nitrogens is 4. The zero-order chi connectivity index (χ0) is 23.8. The van der Waals surface area contributed by atoms with Gasteiger partial charge < -0.3 is 4.52 Å². The molecule has 2 heterocycles. The van der Waals surface area contributed by atoms with Crippen LogP contribution in [0.1, 0.15) is 28.1 Å². The molecular weight excluding hydrogens is 428 g/mol. The number of hydrogen-bond acceptors (Lipinski definition) is 5. The summed E-state index contributed by atoms with van der Waals surface area (Å²) in [6.45, 7) is 6.31. The molecule has 0 unspecified atom stereocenters. The molecule has 0 saturated heterocycles. The van der Waals surface area contributed by atoms with Crippen molar-refractivity contribution in [3.05, 3.63) is 116 Å². The van der Waals surface area contributed by atoms with Crippen molar-refractivity contribution in [2.75, 3.05) is 0 Å². The SMILES string of the molecule is Cc1ccc(Cn2c(=O)c3ccccc3n(Cc3nc(-c4ccc(C)c(C)c4)no3)c2=O)cc1. The Balaban J connectivity index is 1.57. The molecule has 0 aliphatic heterocycles. The molecule has 5 aromatic rings. The summed E-state index contributed by atoms with van der Waals surface area (Å²) in [6, 6.07) is 20.8. The van der Waals surface area contributed by atoms with Gasteiger partial charge in [-0.3, -0.25) is 13.9 Å². The Hall–Kier alpha value is -4.26. The van der Waals surface area contributed by atoms with Gasteiger partial charge in [-0.2, -0.15) is 4.98 Å². The van der Waals surface area contributed by atoms with Gasteiger partial charge in [0.1, 0.15) is 6.54 Å². The van der Waals surface area contributed by atoms with Crippen LogP contribution in [0.5, 0.6) is 0 Å². The van der Waals surface area contributed by atoms with E-state index < -0.39 is 5.69 Å². The first-order valence-corrected chi connectivity index (χ1v) is 11.1. The standard InChI is InChI=1S/C27H24N4O3/c1-17-8-11-20(12-9-17)15-31-26(32)22-6-4-5-7-23(22)30(27(31)33)16-24-28-25(29-34-24)21-13-10-18(2)19(3)14-21/h4-14H,15-16H2,1-3H3. The van der Waals surface area contributed by atoms with Gasteiger partial charge in [0.25, 0.3) is 5.56 Å². The van der Waals surface area contributed by atoms with Crippen LogP contribution < -0.4 is 11.2 Å². The van der Waals surface area contributed by atoms with Gasteiger partial charge in [0.15, 0.2) is 0 Å². The monoisotopic (exact) mass is 452 g/mol. The first-order valence-electron chi connectivity index (χ1n) is 11.1. The molecule has 7 nitrogen and oxygen atoms in total. The fourth-order valence-electron chi connectivity index (χ4n) is 3.99. The number of rotatable bonds is 5. The van der Waals surface area contributed by atoms with E-state index in [2.05, 4.69) is 10.1 Å². The first kappa shape index (κ1) is 21.6. The number of hydrogen-bond donors (Lipinski definition) is 0. The van der Waals surface area contributed by atoms with Gasteiger partial charge in [-0.15, -0.1) is 0 Å². The number of aryl methyl sites for hydroxylation is 3. The first-order chi connectivity index (χ1) is 16.4. The smallest absolute Gasteiger partial charge is 0.332 e. The summed E-state index contributed by atoms with van der Waals surface area (Å²) in [5.41, 5.74) is 4.94. The summed E-state index contributed by atoms with van der Waals surface area (Å²) in [7, 11) is 0. The van der Waals surface area contributed by atoms with Gasteiger partial charge in [0, 0.05) is 5.56 Å². The molecule has 170 valence electrons. The molecule has 0 radical (unpaired) electrons. The van der Waals surface area contributed by atoms with Gasteiger partial charge in [0.05, 0.1) is 17.4 Å². The Morgan fingerprint density at radius 2 is 1.59 bits per heavy atom. The lowest BCUT2D eigenvalue weighted by Gasteiger charge is -2.13. The van der Waals surface area contributed by atoms with E-state index in [-0.39, 0.29) is 18.6 Å². The largest absolute Gasteiger partial charge is 0.337 e. The average molecular weight is 453 g/mol. The Morgan fingerprint density at radius 1 is 0.824 bits per heavy atom. The zero-order valence-electron chi connectivity index (χ0n) is 19.3. The van der Waals surface area contributed by atoms with Crippen LogP contribution in [0.2, 0.25) is 0 Å². The van der Waals surface area contributed by atoms with Crippen molar-refractivity contribution < 1.29 is 4.52 Å². The highest BCUT2D eigenvalue weighted by Gasteiger charge is 2.17. The second kappa shape index (κ2) is 8.59. The zero-order valence-corrected chi connectivity index (χ0v) is 19.3. The van der Waals surface area contributed by atoms with Crippen molar-refractivity contribution in [3.8, 4) is 11.4 Å². The van der Waals surface area contributed by atoms with Crippen LogP contribution in [0, 0.1) is 20.8 Å². The van der Waals surface area contributed by atoms with Crippen molar-refractivity contribution in [2.24, 2.45) is 0 Å². The van der Waals surface area contributed by atoms with E-state index in [1.165, 1.54) is 14.7 Å². The topological polar surface area (TPSA) is 82.9 Å². The summed E-state index contributed by atoms with van der Waals surface area (Å²) >= 11 is 0. The van der Waals surface area contributed by atoms with Gasteiger partial charge in [-0.25, -0.2) is 4.79 Å². The molecule has 0 atom stereocenters. The minimum absolute atomic E-state index is 0.0609. The lowest BCUT2D eigenvalue weighted by atomic mass is 10.1. The van der Waals surface area contributed by atoms with Crippen molar-refractivity contribution in [1.82, 2.24) is 19.3 Å². The van der Waals surface area contributed by atoms with Crippen molar-refractivity contribution in [2.45, 2.75) is 33.9 Å². The molecule has 2 aromatic heterocycles. The van der Waals surface area contributed by atoms with Crippen molar-refractivity contribution in [3.63, 3.8) is 0 Å². The predicted molar refractivity (Wildman–Crippen MR) is 131 cm³/mol. The Morgan fingerprint density at radius 3 is 2.35 bits per heavy atom. The van der Waals surface area contributed by atoms with Crippen LogP contribution in [0.25, 0.3) is 22.3 Å². The van der Waals surface area contributed by atoms with E-state index in [1.807, 2.05) is 63.2 Å².